The highest BCUT2D eigenvalue weighted by molar-refractivity contribution is 5.93. The molecule has 0 saturated carbocycles. The van der Waals surface area contributed by atoms with Crippen LogP contribution in [-0.4, -0.2) is 15.0 Å². The molecule has 4 rings (SSSR count). The number of nitrogens with two attached hydrogens (primary N) is 1. The first-order valence-corrected chi connectivity index (χ1v) is 8.27. The highest BCUT2D eigenvalue weighted by Gasteiger charge is 2.20. The van der Waals surface area contributed by atoms with Gasteiger partial charge in [-0.3, -0.25) is 0 Å². The number of H-pyrrole nitrogens is 1. The molecule has 5 nitrogen and oxygen atoms in total. The molecule has 0 atom stereocenters. The number of fused-ring (bicyclic) bond motifs is 3. The number of nitrogens with one attached hydrogen (secondary N) is 2. The lowest BCUT2D eigenvalue weighted by Gasteiger charge is -2.10. The third-order valence-corrected chi connectivity index (χ3v) is 4.43. The largest absolute Gasteiger partial charge is 0.398 e. The van der Waals surface area contributed by atoms with Gasteiger partial charge in [-0.1, -0.05) is 11.6 Å². The van der Waals surface area contributed by atoms with E-state index in [-0.39, 0.29) is 0 Å². The molecule has 24 heavy (non-hydrogen) atoms. The molecule has 0 spiro atoms. The van der Waals surface area contributed by atoms with Crippen molar-refractivity contribution >= 4 is 34.3 Å². The summed E-state index contributed by atoms with van der Waals surface area (Å²) in [5.74, 6) is 0.854. The van der Waals surface area contributed by atoms with Gasteiger partial charge < -0.3 is 16.0 Å². The molecule has 4 N–H and O–H groups in total. The average molecular weight is 319 g/mol. The minimum atomic E-state index is 0.775. The van der Waals surface area contributed by atoms with Gasteiger partial charge in [0.15, 0.2) is 0 Å². The number of hydrogen-bond donors (Lipinski definition) is 3. The lowest BCUT2D eigenvalue weighted by Crippen LogP contribution is -1.98. The number of hydrogen-bond acceptors (Lipinski definition) is 4. The molecule has 0 unspecified atom stereocenters. The van der Waals surface area contributed by atoms with Gasteiger partial charge >= 0.3 is 0 Å². The molecule has 0 saturated heterocycles. The number of anilines is 3. The Morgan fingerprint density at radius 1 is 1.25 bits per heavy atom. The summed E-state index contributed by atoms with van der Waals surface area (Å²) >= 11 is 0. The predicted molar refractivity (Wildman–Crippen MR) is 99.4 cm³/mol. The third-order valence-electron chi connectivity index (χ3n) is 4.43. The Kier molecular flexibility index (Phi) is 3.49. The first-order chi connectivity index (χ1) is 11.6. The molecule has 2 heterocycles. The van der Waals surface area contributed by atoms with Crippen molar-refractivity contribution in [2.45, 2.75) is 33.1 Å². The van der Waals surface area contributed by atoms with Crippen molar-refractivity contribution in [1.82, 2.24) is 15.0 Å². The highest BCUT2D eigenvalue weighted by atomic mass is 15.0. The molecule has 1 aliphatic rings. The smallest absolute Gasteiger partial charge is 0.143 e. The Labute approximate surface area is 141 Å². The van der Waals surface area contributed by atoms with E-state index in [1.807, 2.05) is 12.1 Å². The Morgan fingerprint density at radius 3 is 2.96 bits per heavy atom. The molecule has 0 aliphatic heterocycles. The van der Waals surface area contributed by atoms with Gasteiger partial charge in [-0.2, -0.15) is 0 Å². The number of aromatic nitrogens is 3. The van der Waals surface area contributed by atoms with Crippen LogP contribution in [0.2, 0.25) is 0 Å². The minimum absolute atomic E-state index is 0.775. The molecule has 3 aromatic rings. The van der Waals surface area contributed by atoms with Crippen molar-refractivity contribution in [2.75, 3.05) is 11.1 Å². The summed E-state index contributed by atoms with van der Waals surface area (Å²) in [4.78, 5) is 12.3. The van der Waals surface area contributed by atoms with Crippen LogP contribution in [0.5, 0.6) is 0 Å². The van der Waals surface area contributed by atoms with Crippen LogP contribution in [0.1, 0.15) is 37.1 Å². The molecular weight excluding hydrogens is 298 g/mol. The third kappa shape index (κ3) is 2.52. The van der Waals surface area contributed by atoms with Crippen LogP contribution in [0.25, 0.3) is 17.1 Å². The zero-order chi connectivity index (χ0) is 16.7. The summed E-state index contributed by atoms with van der Waals surface area (Å²) in [5, 5.41) is 4.56. The number of nitrogen functional groups attached to an aromatic ring is 1. The minimum Gasteiger partial charge on any atom is -0.398 e. The standard InChI is InChI=1S/C19H21N5/c1-11(2)8-12-9-13(6-7-15(12)20)23-18-17-14-4-3-5-16(14)24-19(17)22-10-21-18/h6-10H,3-5,20H2,1-2H3,(H2,21,22,23,24). The van der Waals surface area contributed by atoms with E-state index in [0.29, 0.717) is 0 Å². The Hall–Kier alpha value is -2.82. The van der Waals surface area contributed by atoms with Crippen molar-refractivity contribution in [2.24, 2.45) is 0 Å². The quantitative estimate of drug-likeness (QED) is 0.632. The van der Waals surface area contributed by atoms with Crippen molar-refractivity contribution in [1.29, 1.82) is 0 Å². The number of aromatic amines is 1. The van der Waals surface area contributed by atoms with E-state index in [1.165, 1.54) is 23.3 Å². The second kappa shape index (κ2) is 5.67. The van der Waals surface area contributed by atoms with E-state index in [4.69, 9.17) is 5.73 Å². The van der Waals surface area contributed by atoms with Crippen LogP contribution in [0.4, 0.5) is 17.2 Å². The average Bonchev–Trinajstić information content (AvgIpc) is 3.11. The van der Waals surface area contributed by atoms with Crippen LogP contribution in [0.15, 0.2) is 30.1 Å². The summed E-state index contributed by atoms with van der Waals surface area (Å²) in [6.07, 6.45) is 7.06. The molecule has 0 bridgehead atoms. The van der Waals surface area contributed by atoms with Gasteiger partial charge in [0.05, 0.1) is 5.39 Å². The zero-order valence-corrected chi connectivity index (χ0v) is 14.0. The normalized spacial score (nSPS) is 13.1. The van der Waals surface area contributed by atoms with Gasteiger partial charge in [0, 0.05) is 17.1 Å². The van der Waals surface area contributed by atoms with Crippen LogP contribution < -0.4 is 11.1 Å². The maximum atomic E-state index is 6.08. The van der Waals surface area contributed by atoms with E-state index in [9.17, 15) is 0 Å². The summed E-state index contributed by atoms with van der Waals surface area (Å²) in [7, 11) is 0. The molecule has 5 heteroatoms. The van der Waals surface area contributed by atoms with Gasteiger partial charge in [0.25, 0.3) is 0 Å². The van der Waals surface area contributed by atoms with Gasteiger partial charge in [-0.15, -0.1) is 0 Å². The number of aryl methyl sites for hydroxylation is 2. The number of nitrogens with zero attached hydrogens (tertiary/aromatic N) is 2. The summed E-state index contributed by atoms with van der Waals surface area (Å²) in [6.45, 7) is 4.13. The van der Waals surface area contributed by atoms with Gasteiger partial charge in [-0.25, -0.2) is 9.97 Å². The Balaban J connectivity index is 1.76. The molecule has 1 aliphatic carbocycles. The van der Waals surface area contributed by atoms with Crippen LogP contribution in [0, 0.1) is 0 Å². The fourth-order valence-electron chi connectivity index (χ4n) is 3.39. The van der Waals surface area contributed by atoms with Crippen molar-refractivity contribution in [3.8, 4) is 0 Å². The molecule has 0 radical (unpaired) electrons. The number of benzene rings is 1. The first-order valence-electron chi connectivity index (χ1n) is 8.27. The maximum Gasteiger partial charge on any atom is 0.143 e. The lowest BCUT2D eigenvalue weighted by molar-refractivity contribution is 0.897. The van der Waals surface area contributed by atoms with Crippen LogP contribution >= 0.6 is 0 Å². The first kappa shape index (κ1) is 14.8. The fourth-order valence-corrected chi connectivity index (χ4v) is 3.39. The second-order valence-electron chi connectivity index (χ2n) is 6.57. The van der Waals surface area contributed by atoms with Gasteiger partial charge in [-0.05, 0) is 62.4 Å². The zero-order valence-electron chi connectivity index (χ0n) is 14.0. The Morgan fingerprint density at radius 2 is 2.12 bits per heavy atom. The number of rotatable bonds is 3. The van der Waals surface area contributed by atoms with E-state index in [0.717, 1.165) is 46.6 Å². The molecule has 0 fully saturated rings. The monoisotopic (exact) mass is 319 g/mol. The molecular formula is C19H21N5. The van der Waals surface area contributed by atoms with E-state index in [2.05, 4.69) is 46.3 Å². The molecule has 122 valence electrons. The predicted octanol–water partition coefficient (Wildman–Crippen LogP) is 4.20. The van der Waals surface area contributed by atoms with Crippen molar-refractivity contribution in [3.63, 3.8) is 0 Å². The highest BCUT2D eigenvalue weighted by Crippen LogP contribution is 2.34. The van der Waals surface area contributed by atoms with Gasteiger partial charge in [0.2, 0.25) is 0 Å². The molecule has 2 aromatic heterocycles. The van der Waals surface area contributed by atoms with Crippen molar-refractivity contribution in [3.05, 3.63) is 46.9 Å². The van der Waals surface area contributed by atoms with Crippen LogP contribution in [-0.2, 0) is 12.8 Å². The second-order valence-corrected chi connectivity index (χ2v) is 6.57. The Bertz CT molecular complexity index is 948. The SMILES string of the molecule is CC(C)=Cc1cc(Nc2ncnc3[nH]c4c(c23)CCC4)ccc1N. The maximum absolute atomic E-state index is 6.08. The molecule has 0 amide bonds. The van der Waals surface area contributed by atoms with E-state index < -0.39 is 0 Å². The van der Waals surface area contributed by atoms with Crippen molar-refractivity contribution < 1.29 is 0 Å². The summed E-state index contributed by atoms with van der Waals surface area (Å²) < 4.78 is 0. The van der Waals surface area contributed by atoms with E-state index >= 15 is 0 Å². The van der Waals surface area contributed by atoms with E-state index in [1.54, 1.807) is 6.33 Å². The summed E-state index contributed by atoms with van der Waals surface area (Å²) in [6, 6.07) is 5.97. The lowest BCUT2D eigenvalue weighted by atomic mass is 10.1. The fraction of sp³-hybridized carbons (Fsp3) is 0.263. The van der Waals surface area contributed by atoms with Gasteiger partial charge in [0.1, 0.15) is 17.8 Å². The van der Waals surface area contributed by atoms with Crippen LogP contribution in [0.3, 0.4) is 0 Å². The topological polar surface area (TPSA) is 79.6 Å². The summed E-state index contributed by atoms with van der Waals surface area (Å²) in [5.41, 5.74) is 13.6. The molecule has 1 aromatic carbocycles. The number of allylic oxidation sites excluding steroid dienone is 1.